The predicted molar refractivity (Wildman–Crippen MR) is 104 cm³/mol. The summed E-state index contributed by atoms with van der Waals surface area (Å²) < 4.78 is 32.6. The molecule has 146 valence electrons. The Balaban J connectivity index is 1.47. The Morgan fingerprint density at radius 1 is 1.11 bits per heavy atom. The molecule has 1 aromatic heterocycles. The highest BCUT2D eigenvalue weighted by Crippen LogP contribution is 2.20. The number of carbonyl (C=O) groups is 1. The van der Waals surface area contributed by atoms with Crippen molar-refractivity contribution >= 4 is 32.7 Å². The first-order valence-electron chi connectivity index (χ1n) is 8.93. The molecule has 2 aromatic carbocycles. The zero-order chi connectivity index (χ0) is 19.7. The van der Waals surface area contributed by atoms with Crippen LogP contribution in [0, 0.1) is 0 Å². The van der Waals surface area contributed by atoms with Crippen molar-refractivity contribution in [3.05, 3.63) is 58.6 Å². The van der Waals surface area contributed by atoms with Crippen molar-refractivity contribution in [2.24, 2.45) is 0 Å². The summed E-state index contributed by atoms with van der Waals surface area (Å²) in [6.45, 7) is 1.62. The van der Waals surface area contributed by atoms with Crippen LogP contribution in [0.1, 0.15) is 18.4 Å². The van der Waals surface area contributed by atoms with Gasteiger partial charge in [-0.25, -0.2) is 13.2 Å². The number of hydrogen-bond donors (Lipinski definition) is 2. The van der Waals surface area contributed by atoms with Gasteiger partial charge in [0, 0.05) is 18.8 Å². The maximum absolute atomic E-state index is 12.6. The van der Waals surface area contributed by atoms with Crippen molar-refractivity contribution in [2.45, 2.75) is 24.2 Å². The molecule has 0 aliphatic carbocycles. The van der Waals surface area contributed by atoms with Crippen LogP contribution >= 0.6 is 0 Å². The number of rotatable bonds is 5. The van der Waals surface area contributed by atoms with E-state index in [1.54, 1.807) is 24.3 Å². The Labute approximate surface area is 161 Å². The zero-order valence-electron chi connectivity index (χ0n) is 15.0. The fourth-order valence-corrected chi connectivity index (χ4v) is 4.34. The highest BCUT2D eigenvalue weighted by molar-refractivity contribution is 7.92. The van der Waals surface area contributed by atoms with Crippen LogP contribution in [0.2, 0.25) is 0 Å². The number of hydrogen-bond acceptors (Lipinski definition) is 5. The molecule has 0 saturated carbocycles. The van der Waals surface area contributed by atoms with Gasteiger partial charge in [0.25, 0.3) is 10.0 Å². The van der Waals surface area contributed by atoms with Gasteiger partial charge in [-0.1, -0.05) is 12.1 Å². The molecule has 8 nitrogen and oxygen atoms in total. The Bertz CT molecular complexity index is 1170. The Morgan fingerprint density at radius 2 is 1.82 bits per heavy atom. The van der Waals surface area contributed by atoms with E-state index in [0.717, 1.165) is 31.5 Å². The number of fused-ring (bicyclic) bond motifs is 1. The first kappa shape index (κ1) is 18.3. The Kier molecular flexibility index (Phi) is 4.68. The number of nitrogens with one attached hydrogen (secondary N) is 2. The van der Waals surface area contributed by atoms with Gasteiger partial charge in [-0.15, -0.1) is 0 Å². The maximum atomic E-state index is 12.6. The third kappa shape index (κ3) is 3.79. The summed E-state index contributed by atoms with van der Waals surface area (Å²) in [5, 5.41) is 0. The standard InChI is InChI=1S/C19H19N3O5S/c23-18(22-9-1-2-10-22)11-13-3-5-14(6-4-13)21-28(25,26)15-7-8-17-16(12-15)20-19(24)27-17/h3-8,12,21H,1-2,9-11H2,(H,20,24). The molecule has 1 saturated heterocycles. The van der Waals surface area contributed by atoms with Crippen LogP contribution < -0.4 is 10.5 Å². The van der Waals surface area contributed by atoms with Crippen molar-refractivity contribution in [1.29, 1.82) is 0 Å². The number of anilines is 1. The van der Waals surface area contributed by atoms with Crippen molar-refractivity contribution in [1.82, 2.24) is 9.88 Å². The molecule has 0 atom stereocenters. The molecule has 0 radical (unpaired) electrons. The van der Waals surface area contributed by atoms with Gasteiger partial charge >= 0.3 is 5.76 Å². The summed E-state index contributed by atoms with van der Waals surface area (Å²) in [7, 11) is -3.83. The summed E-state index contributed by atoms with van der Waals surface area (Å²) in [5.74, 6) is -0.551. The lowest BCUT2D eigenvalue weighted by atomic mass is 10.1. The third-order valence-corrected chi connectivity index (χ3v) is 6.10. The minimum absolute atomic E-state index is 0.00494. The molecule has 9 heteroatoms. The van der Waals surface area contributed by atoms with Gasteiger partial charge in [-0.05, 0) is 48.7 Å². The lowest BCUT2D eigenvalue weighted by molar-refractivity contribution is -0.129. The predicted octanol–water partition coefficient (Wildman–Crippen LogP) is 2.09. The van der Waals surface area contributed by atoms with E-state index < -0.39 is 15.8 Å². The molecule has 0 spiro atoms. The van der Waals surface area contributed by atoms with E-state index in [1.807, 2.05) is 4.90 Å². The van der Waals surface area contributed by atoms with E-state index in [4.69, 9.17) is 4.42 Å². The molecule has 0 bridgehead atoms. The highest BCUT2D eigenvalue weighted by atomic mass is 32.2. The van der Waals surface area contributed by atoms with Crippen LogP contribution in [0.5, 0.6) is 0 Å². The largest absolute Gasteiger partial charge is 0.417 e. The van der Waals surface area contributed by atoms with E-state index in [2.05, 4.69) is 9.71 Å². The molecule has 4 rings (SSSR count). The molecule has 1 aliphatic rings. The van der Waals surface area contributed by atoms with Crippen molar-refractivity contribution in [2.75, 3.05) is 17.8 Å². The fraction of sp³-hybridized carbons (Fsp3) is 0.263. The van der Waals surface area contributed by atoms with Crippen molar-refractivity contribution in [3.63, 3.8) is 0 Å². The van der Waals surface area contributed by atoms with E-state index in [0.29, 0.717) is 17.6 Å². The molecule has 0 unspecified atom stereocenters. The molecular weight excluding hydrogens is 382 g/mol. The van der Waals surface area contributed by atoms with Crippen LogP contribution in [0.25, 0.3) is 11.1 Å². The lowest BCUT2D eigenvalue weighted by Gasteiger charge is -2.15. The van der Waals surface area contributed by atoms with E-state index in [-0.39, 0.29) is 16.4 Å². The minimum Gasteiger partial charge on any atom is -0.408 e. The molecule has 1 fully saturated rings. The fourth-order valence-electron chi connectivity index (χ4n) is 3.26. The Hall–Kier alpha value is -3.07. The number of H-pyrrole nitrogens is 1. The van der Waals surface area contributed by atoms with Gasteiger partial charge in [-0.3, -0.25) is 14.5 Å². The SMILES string of the molecule is O=C(Cc1ccc(NS(=O)(=O)c2ccc3oc(=O)[nH]c3c2)cc1)N1CCCC1. The summed E-state index contributed by atoms with van der Waals surface area (Å²) >= 11 is 0. The number of aromatic amines is 1. The number of likely N-dealkylation sites (tertiary alicyclic amines) is 1. The average Bonchev–Trinajstić information content (AvgIpc) is 3.31. The second-order valence-electron chi connectivity index (χ2n) is 6.74. The Morgan fingerprint density at radius 3 is 2.54 bits per heavy atom. The summed E-state index contributed by atoms with van der Waals surface area (Å²) in [5.41, 5.74) is 1.81. The average molecular weight is 401 g/mol. The number of aromatic nitrogens is 1. The van der Waals surface area contributed by atoms with E-state index in [9.17, 15) is 18.0 Å². The molecule has 1 amide bonds. The topological polar surface area (TPSA) is 112 Å². The quantitative estimate of drug-likeness (QED) is 0.680. The van der Waals surface area contributed by atoms with Crippen molar-refractivity contribution < 1.29 is 17.6 Å². The summed E-state index contributed by atoms with van der Waals surface area (Å²) in [6.07, 6.45) is 2.40. The van der Waals surface area contributed by atoms with Crippen LogP contribution in [-0.4, -0.2) is 37.3 Å². The van der Waals surface area contributed by atoms with Crippen molar-refractivity contribution in [3.8, 4) is 0 Å². The molecule has 28 heavy (non-hydrogen) atoms. The van der Waals surface area contributed by atoms with Gasteiger partial charge in [-0.2, -0.15) is 0 Å². The van der Waals surface area contributed by atoms with Crippen LogP contribution in [0.3, 0.4) is 0 Å². The molecule has 2 heterocycles. The van der Waals surface area contributed by atoms with E-state index >= 15 is 0 Å². The molecular formula is C19H19N3O5S. The maximum Gasteiger partial charge on any atom is 0.417 e. The van der Waals surface area contributed by atoms with E-state index in [1.165, 1.54) is 18.2 Å². The van der Waals surface area contributed by atoms with Gasteiger partial charge in [0.15, 0.2) is 5.58 Å². The van der Waals surface area contributed by atoms with Gasteiger partial charge < -0.3 is 9.32 Å². The highest BCUT2D eigenvalue weighted by Gasteiger charge is 2.19. The monoisotopic (exact) mass is 401 g/mol. The number of benzene rings is 2. The smallest absolute Gasteiger partial charge is 0.408 e. The first-order chi connectivity index (χ1) is 13.4. The lowest BCUT2D eigenvalue weighted by Crippen LogP contribution is -2.29. The zero-order valence-corrected chi connectivity index (χ0v) is 15.8. The number of nitrogens with zero attached hydrogens (tertiary/aromatic N) is 1. The van der Waals surface area contributed by atoms with Crippen LogP contribution in [0.15, 0.2) is 56.6 Å². The summed E-state index contributed by atoms with van der Waals surface area (Å²) in [6, 6.07) is 10.9. The van der Waals surface area contributed by atoms with Gasteiger partial charge in [0.05, 0.1) is 16.8 Å². The van der Waals surface area contributed by atoms with Gasteiger partial charge in [0.1, 0.15) is 0 Å². The second-order valence-corrected chi connectivity index (χ2v) is 8.42. The van der Waals surface area contributed by atoms with Crippen LogP contribution in [-0.2, 0) is 21.2 Å². The van der Waals surface area contributed by atoms with Gasteiger partial charge in [0.2, 0.25) is 5.91 Å². The second kappa shape index (κ2) is 7.16. The molecule has 3 aromatic rings. The number of sulfonamides is 1. The summed E-state index contributed by atoms with van der Waals surface area (Å²) in [4.78, 5) is 27.7. The number of amides is 1. The minimum atomic E-state index is -3.83. The normalized spacial score (nSPS) is 14.5. The third-order valence-electron chi connectivity index (χ3n) is 4.72. The first-order valence-corrected chi connectivity index (χ1v) is 10.4. The molecule has 1 aliphatic heterocycles. The molecule has 2 N–H and O–H groups in total. The van der Waals surface area contributed by atoms with Crippen LogP contribution in [0.4, 0.5) is 5.69 Å². The number of oxazole rings is 1. The number of carbonyl (C=O) groups excluding carboxylic acids is 1.